The summed E-state index contributed by atoms with van der Waals surface area (Å²) >= 11 is 0. The minimum Gasteiger partial charge on any atom is -0.379 e. The number of carbonyl (C=O) groups is 2. The van der Waals surface area contributed by atoms with Gasteiger partial charge in [-0.15, -0.1) is 0 Å². The molecule has 100 valence electrons. The molecule has 0 unspecified atom stereocenters. The van der Waals surface area contributed by atoms with Crippen molar-refractivity contribution in [3.8, 4) is 0 Å². The second-order valence-corrected chi connectivity index (χ2v) is 4.08. The highest BCUT2D eigenvalue weighted by molar-refractivity contribution is 5.80. The molecule has 0 aliphatic carbocycles. The van der Waals surface area contributed by atoms with Crippen molar-refractivity contribution in [2.45, 2.75) is 27.2 Å². The first kappa shape index (κ1) is 16.1. The van der Waals surface area contributed by atoms with E-state index in [9.17, 15) is 9.59 Å². The number of hydrogen-bond donors (Lipinski definition) is 1. The molecular weight excluding hydrogens is 222 g/mol. The van der Waals surface area contributed by atoms with E-state index in [1.54, 1.807) is 0 Å². The van der Waals surface area contributed by atoms with Gasteiger partial charge >= 0.3 is 0 Å². The van der Waals surface area contributed by atoms with Gasteiger partial charge in [0.15, 0.2) is 0 Å². The Labute approximate surface area is 103 Å². The Morgan fingerprint density at radius 2 is 1.65 bits per heavy atom. The van der Waals surface area contributed by atoms with Crippen LogP contribution in [0.2, 0.25) is 0 Å². The molecule has 1 amide bonds. The van der Waals surface area contributed by atoms with Crippen LogP contribution in [0.1, 0.15) is 27.2 Å². The monoisotopic (exact) mass is 245 g/mol. The van der Waals surface area contributed by atoms with Gasteiger partial charge in [0.05, 0.1) is 26.4 Å². The summed E-state index contributed by atoms with van der Waals surface area (Å²) in [4.78, 5) is 21.7. The maximum Gasteiger partial charge on any atom is 0.216 e. The quantitative estimate of drug-likeness (QED) is 0.577. The van der Waals surface area contributed by atoms with Crippen molar-refractivity contribution < 1.29 is 19.1 Å². The highest BCUT2D eigenvalue weighted by atomic mass is 16.5. The second-order valence-electron chi connectivity index (χ2n) is 4.08. The summed E-state index contributed by atoms with van der Waals surface area (Å²) in [6, 6.07) is 0. The Balaban J connectivity index is 3.14. The van der Waals surface area contributed by atoms with Crippen LogP contribution in [-0.2, 0) is 19.1 Å². The predicted molar refractivity (Wildman–Crippen MR) is 64.8 cm³/mol. The van der Waals surface area contributed by atoms with Gasteiger partial charge in [0.25, 0.3) is 0 Å². The molecule has 17 heavy (non-hydrogen) atoms. The Morgan fingerprint density at radius 3 is 2.18 bits per heavy atom. The maximum absolute atomic E-state index is 11.2. The molecule has 0 aromatic heterocycles. The largest absolute Gasteiger partial charge is 0.379 e. The molecule has 0 fully saturated rings. The molecule has 0 rings (SSSR count). The number of nitrogens with one attached hydrogen (secondary N) is 1. The highest BCUT2D eigenvalue weighted by Crippen LogP contribution is 1.98. The van der Waals surface area contributed by atoms with Gasteiger partial charge in [0.2, 0.25) is 5.91 Å². The van der Waals surface area contributed by atoms with Crippen LogP contribution >= 0.6 is 0 Å². The fourth-order valence-electron chi connectivity index (χ4n) is 1.08. The van der Waals surface area contributed by atoms with E-state index in [1.807, 2.05) is 13.8 Å². The molecule has 1 N–H and O–H groups in total. The molecule has 0 spiro atoms. The molecular formula is C12H23NO4. The Kier molecular flexibility index (Phi) is 9.66. The zero-order valence-corrected chi connectivity index (χ0v) is 11.0. The van der Waals surface area contributed by atoms with Gasteiger partial charge in [0.1, 0.15) is 5.78 Å². The van der Waals surface area contributed by atoms with Gasteiger partial charge in [-0.1, -0.05) is 13.8 Å². The number of hydrogen-bond acceptors (Lipinski definition) is 4. The van der Waals surface area contributed by atoms with Crippen LogP contribution in [0.3, 0.4) is 0 Å². The number of rotatable bonds is 10. The molecule has 0 heterocycles. The molecule has 0 atom stereocenters. The van der Waals surface area contributed by atoms with E-state index < -0.39 is 0 Å². The first-order chi connectivity index (χ1) is 8.04. The standard InChI is InChI=1S/C12H23NO4/c1-10(2)12(15)4-6-16-8-9-17-7-5-13-11(3)14/h10H,4-9H2,1-3H3,(H,13,14). The van der Waals surface area contributed by atoms with Crippen LogP contribution in [-0.4, -0.2) is 44.7 Å². The number of carbonyl (C=O) groups excluding carboxylic acids is 2. The van der Waals surface area contributed by atoms with E-state index in [4.69, 9.17) is 9.47 Å². The number of ketones is 1. The van der Waals surface area contributed by atoms with Gasteiger partial charge in [-0.05, 0) is 0 Å². The van der Waals surface area contributed by atoms with Crippen LogP contribution in [0, 0.1) is 5.92 Å². The van der Waals surface area contributed by atoms with Gasteiger partial charge in [-0.2, -0.15) is 0 Å². The van der Waals surface area contributed by atoms with Crippen LogP contribution < -0.4 is 5.32 Å². The summed E-state index contributed by atoms with van der Waals surface area (Å²) in [6.07, 6.45) is 0.462. The number of Topliss-reactive ketones (excluding diaryl/α,β-unsaturated/α-hetero) is 1. The van der Waals surface area contributed by atoms with E-state index in [-0.39, 0.29) is 17.6 Å². The number of ether oxygens (including phenoxy) is 2. The summed E-state index contributed by atoms with van der Waals surface area (Å²) in [6.45, 7) is 7.64. The van der Waals surface area contributed by atoms with Crippen molar-refractivity contribution in [1.29, 1.82) is 0 Å². The summed E-state index contributed by atoms with van der Waals surface area (Å²) < 4.78 is 10.5. The molecule has 0 saturated carbocycles. The summed E-state index contributed by atoms with van der Waals surface area (Å²) in [5.41, 5.74) is 0. The lowest BCUT2D eigenvalue weighted by atomic mass is 10.1. The Morgan fingerprint density at radius 1 is 1.06 bits per heavy atom. The van der Waals surface area contributed by atoms with Gasteiger partial charge in [-0.3, -0.25) is 9.59 Å². The smallest absolute Gasteiger partial charge is 0.216 e. The first-order valence-corrected chi connectivity index (χ1v) is 5.96. The Bertz CT molecular complexity index is 229. The van der Waals surface area contributed by atoms with E-state index in [1.165, 1.54) is 6.92 Å². The molecule has 0 aliphatic rings. The van der Waals surface area contributed by atoms with E-state index in [2.05, 4.69) is 5.32 Å². The van der Waals surface area contributed by atoms with Gasteiger partial charge in [-0.25, -0.2) is 0 Å². The average molecular weight is 245 g/mol. The summed E-state index contributed by atoms with van der Waals surface area (Å²) in [5.74, 6) is 0.237. The third-order valence-electron chi connectivity index (χ3n) is 2.13. The fourth-order valence-corrected chi connectivity index (χ4v) is 1.08. The Hall–Kier alpha value is -0.940. The van der Waals surface area contributed by atoms with Crippen LogP contribution in [0.5, 0.6) is 0 Å². The molecule has 0 bridgehead atoms. The lowest BCUT2D eigenvalue weighted by Gasteiger charge is -2.07. The molecule has 0 radical (unpaired) electrons. The molecule has 0 aromatic rings. The van der Waals surface area contributed by atoms with Crippen LogP contribution in [0.15, 0.2) is 0 Å². The highest BCUT2D eigenvalue weighted by Gasteiger charge is 2.05. The third-order valence-corrected chi connectivity index (χ3v) is 2.13. The summed E-state index contributed by atoms with van der Waals surface area (Å²) in [5, 5.41) is 2.63. The topological polar surface area (TPSA) is 64.6 Å². The average Bonchev–Trinajstić information content (AvgIpc) is 2.25. The maximum atomic E-state index is 11.2. The number of amides is 1. The first-order valence-electron chi connectivity index (χ1n) is 5.96. The molecule has 5 nitrogen and oxygen atoms in total. The van der Waals surface area contributed by atoms with Gasteiger partial charge < -0.3 is 14.8 Å². The zero-order valence-electron chi connectivity index (χ0n) is 11.0. The van der Waals surface area contributed by atoms with E-state index in [0.717, 1.165) is 0 Å². The molecule has 0 aliphatic heterocycles. The van der Waals surface area contributed by atoms with E-state index in [0.29, 0.717) is 39.4 Å². The lowest BCUT2D eigenvalue weighted by Crippen LogP contribution is -2.25. The fraction of sp³-hybridized carbons (Fsp3) is 0.833. The molecule has 0 aromatic carbocycles. The van der Waals surface area contributed by atoms with Crippen molar-refractivity contribution in [2.75, 3.05) is 33.0 Å². The van der Waals surface area contributed by atoms with Crippen LogP contribution in [0.4, 0.5) is 0 Å². The van der Waals surface area contributed by atoms with Crippen LogP contribution in [0.25, 0.3) is 0 Å². The van der Waals surface area contributed by atoms with Crippen molar-refractivity contribution in [3.05, 3.63) is 0 Å². The summed E-state index contributed by atoms with van der Waals surface area (Å²) in [7, 11) is 0. The van der Waals surface area contributed by atoms with Crippen molar-refractivity contribution in [2.24, 2.45) is 5.92 Å². The molecule has 0 saturated heterocycles. The van der Waals surface area contributed by atoms with Crippen molar-refractivity contribution in [1.82, 2.24) is 5.32 Å². The SMILES string of the molecule is CC(=O)NCCOCCOCCC(=O)C(C)C. The third kappa shape index (κ3) is 11.3. The zero-order chi connectivity index (χ0) is 13.1. The molecule has 5 heteroatoms. The second kappa shape index (κ2) is 10.2. The van der Waals surface area contributed by atoms with E-state index >= 15 is 0 Å². The normalized spacial score (nSPS) is 10.6. The lowest BCUT2D eigenvalue weighted by molar-refractivity contribution is -0.123. The predicted octanol–water partition coefficient (Wildman–Crippen LogP) is 0.771. The minimum atomic E-state index is -0.0583. The van der Waals surface area contributed by atoms with Crippen molar-refractivity contribution >= 4 is 11.7 Å². The van der Waals surface area contributed by atoms with Gasteiger partial charge in [0, 0.05) is 25.8 Å². The minimum absolute atomic E-state index is 0.0583. The van der Waals surface area contributed by atoms with Crippen molar-refractivity contribution in [3.63, 3.8) is 0 Å².